The van der Waals surface area contributed by atoms with E-state index in [0.717, 1.165) is 18.4 Å². The molecule has 0 saturated heterocycles. The zero-order valence-electron chi connectivity index (χ0n) is 18.2. The number of benzene rings is 4. The second kappa shape index (κ2) is 10.5. The first-order chi connectivity index (χ1) is 15.7. The summed E-state index contributed by atoms with van der Waals surface area (Å²) in [7, 11) is 1.36. The molecular formula is C29H26O3. The van der Waals surface area contributed by atoms with Crippen molar-refractivity contribution in [1.82, 2.24) is 0 Å². The second-order valence-corrected chi connectivity index (χ2v) is 7.62. The van der Waals surface area contributed by atoms with Crippen molar-refractivity contribution in [2.75, 3.05) is 13.7 Å². The third kappa shape index (κ3) is 5.44. The Morgan fingerprint density at radius 1 is 0.688 bits per heavy atom. The summed E-state index contributed by atoms with van der Waals surface area (Å²) in [6, 6.07) is 35.6. The number of aryl methyl sites for hydroxylation is 2. The van der Waals surface area contributed by atoms with Crippen LogP contribution in [0.1, 0.15) is 11.1 Å². The van der Waals surface area contributed by atoms with Crippen LogP contribution >= 0.6 is 0 Å². The molecule has 160 valence electrons. The van der Waals surface area contributed by atoms with Gasteiger partial charge in [0.1, 0.15) is 5.75 Å². The molecule has 0 unspecified atom stereocenters. The maximum atomic E-state index is 11.4. The van der Waals surface area contributed by atoms with E-state index in [9.17, 15) is 4.79 Å². The fraction of sp³-hybridized carbons (Fsp3) is 0.138. The topological polar surface area (TPSA) is 35.5 Å². The third-order valence-corrected chi connectivity index (χ3v) is 5.46. The zero-order chi connectivity index (χ0) is 22.2. The number of esters is 1. The van der Waals surface area contributed by atoms with Gasteiger partial charge in [-0.3, -0.25) is 0 Å². The molecule has 0 bridgehead atoms. The summed E-state index contributed by atoms with van der Waals surface area (Å²) in [5.41, 5.74) is 7.37. The van der Waals surface area contributed by atoms with Crippen LogP contribution in [0.3, 0.4) is 0 Å². The number of rotatable bonds is 8. The summed E-state index contributed by atoms with van der Waals surface area (Å²) in [5, 5.41) is 0. The number of hydrogen-bond acceptors (Lipinski definition) is 3. The molecule has 3 nitrogen and oxygen atoms in total. The highest BCUT2D eigenvalue weighted by Gasteiger charge is 2.09. The summed E-state index contributed by atoms with van der Waals surface area (Å²) in [6.45, 7) is -0.0861. The molecule has 4 rings (SSSR count). The van der Waals surface area contributed by atoms with Crippen LogP contribution in [0, 0.1) is 0 Å². The van der Waals surface area contributed by atoms with Gasteiger partial charge in [0.15, 0.2) is 6.61 Å². The highest BCUT2D eigenvalue weighted by atomic mass is 16.6. The quantitative estimate of drug-likeness (QED) is 0.310. The molecular weight excluding hydrogens is 396 g/mol. The van der Waals surface area contributed by atoms with Crippen molar-refractivity contribution < 1.29 is 14.3 Å². The lowest BCUT2D eigenvalue weighted by Crippen LogP contribution is -2.12. The Hall–Kier alpha value is -3.85. The number of ether oxygens (including phenoxy) is 2. The normalized spacial score (nSPS) is 10.5. The number of carbonyl (C=O) groups is 1. The lowest BCUT2D eigenvalue weighted by atomic mass is 9.91. The third-order valence-electron chi connectivity index (χ3n) is 5.46. The fourth-order valence-corrected chi connectivity index (χ4v) is 3.78. The summed E-state index contributed by atoms with van der Waals surface area (Å²) in [5.74, 6) is 0.287. The van der Waals surface area contributed by atoms with Gasteiger partial charge in [0.05, 0.1) is 7.11 Å². The van der Waals surface area contributed by atoms with Gasteiger partial charge in [-0.2, -0.15) is 0 Å². The molecule has 4 aromatic carbocycles. The molecule has 0 N–H and O–H groups in total. The highest BCUT2D eigenvalue weighted by Crippen LogP contribution is 2.30. The summed E-state index contributed by atoms with van der Waals surface area (Å²) in [4.78, 5) is 11.4. The molecule has 32 heavy (non-hydrogen) atoms. The summed E-state index contributed by atoms with van der Waals surface area (Å²) in [6.07, 6.45) is 1.76. The first kappa shape index (κ1) is 21.4. The van der Waals surface area contributed by atoms with Crippen molar-refractivity contribution >= 4 is 5.97 Å². The first-order valence-electron chi connectivity index (χ1n) is 10.8. The van der Waals surface area contributed by atoms with Crippen LogP contribution in [-0.4, -0.2) is 19.7 Å². The van der Waals surface area contributed by atoms with Crippen LogP contribution in [0.4, 0.5) is 0 Å². The molecule has 4 aromatic rings. The molecule has 0 spiro atoms. The maximum Gasteiger partial charge on any atom is 0.343 e. The van der Waals surface area contributed by atoms with Gasteiger partial charge in [0, 0.05) is 0 Å². The van der Waals surface area contributed by atoms with Gasteiger partial charge in [-0.1, -0.05) is 91.0 Å². The Morgan fingerprint density at radius 2 is 1.41 bits per heavy atom. The van der Waals surface area contributed by atoms with Crippen molar-refractivity contribution in [3.63, 3.8) is 0 Å². The summed E-state index contributed by atoms with van der Waals surface area (Å²) < 4.78 is 10.2. The lowest BCUT2D eigenvalue weighted by molar-refractivity contribution is -0.142. The Balaban J connectivity index is 1.58. The van der Waals surface area contributed by atoms with Gasteiger partial charge in [0.25, 0.3) is 0 Å². The van der Waals surface area contributed by atoms with E-state index in [1.807, 2.05) is 30.3 Å². The molecule has 0 aliphatic carbocycles. The van der Waals surface area contributed by atoms with Crippen LogP contribution in [-0.2, 0) is 22.4 Å². The van der Waals surface area contributed by atoms with Crippen molar-refractivity contribution in [3.8, 4) is 28.0 Å². The number of methoxy groups -OCH3 is 1. The molecule has 0 radical (unpaired) electrons. The van der Waals surface area contributed by atoms with E-state index in [0.29, 0.717) is 5.75 Å². The van der Waals surface area contributed by atoms with E-state index >= 15 is 0 Å². The van der Waals surface area contributed by atoms with Gasteiger partial charge in [-0.15, -0.1) is 0 Å². The predicted octanol–water partition coefficient (Wildman–Crippen LogP) is 6.36. The Bertz CT molecular complexity index is 1170. The Kier molecular flexibility index (Phi) is 6.98. The smallest absolute Gasteiger partial charge is 0.343 e. The second-order valence-electron chi connectivity index (χ2n) is 7.62. The Morgan fingerprint density at radius 3 is 2.12 bits per heavy atom. The maximum absolute atomic E-state index is 11.4. The average molecular weight is 423 g/mol. The van der Waals surface area contributed by atoms with Crippen molar-refractivity contribution in [1.29, 1.82) is 0 Å². The molecule has 0 aliphatic heterocycles. The minimum absolute atomic E-state index is 0.0861. The van der Waals surface area contributed by atoms with Crippen LogP contribution in [0.15, 0.2) is 103 Å². The van der Waals surface area contributed by atoms with Crippen molar-refractivity contribution in [3.05, 3.63) is 114 Å². The molecule has 0 aliphatic rings. The van der Waals surface area contributed by atoms with Crippen LogP contribution < -0.4 is 4.74 Å². The van der Waals surface area contributed by atoms with Gasteiger partial charge in [0.2, 0.25) is 0 Å². The van der Waals surface area contributed by atoms with Gasteiger partial charge < -0.3 is 9.47 Å². The number of carbonyl (C=O) groups excluding carboxylic acids is 1. The Labute approximate surface area is 189 Å². The fourth-order valence-electron chi connectivity index (χ4n) is 3.78. The van der Waals surface area contributed by atoms with Gasteiger partial charge in [-0.25, -0.2) is 4.79 Å². The molecule has 0 aromatic heterocycles. The molecule has 0 heterocycles. The zero-order valence-corrected chi connectivity index (χ0v) is 18.2. The van der Waals surface area contributed by atoms with E-state index in [-0.39, 0.29) is 12.6 Å². The van der Waals surface area contributed by atoms with E-state index in [2.05, 4.69) is 77.5 Å². The lowest BCUT2D eigenvalue weighted by Gasteiger charge is -2.13. The molecule has 3 heteroatoms. The molecule has 0 amide bonds. The average Bonchev–Trinajstić information content (AvgIpc) is 2.87. The standard InChI is InChI=1S/C29H26O3/c1-31-29(30)21-32-27-14-8-9-22(19-27)15-16-26-20-25(23-10-4-2-5-11-23)17-18-28(26)24-12-6-3-7-13-24/h2-14,17-20H,15-16,21H2,1H3. The molecule has 0 fully saturated rings. The van der Waals surface area contributed by atoms with Gasteiger partial charge >= 0.3 is 5.97 Å². The van der Waals surface area contributed by atoms with Crippen LogP contribution in [0.5, 0.6) is 5.75 Å². The van der Waals surface area contributed by atoms with Crippen LogP contribution in [0.2, 0.25) is 0 Å². The minimum atomic E-state index is -0.388. The van der Waals surface area contributed by atoms with E-state index < -0.39 is 0 Å². The monoisotopic (exact) mass is 422 g/mol. The predicted molar refractivity (Wildman–Crippen MR) is 129 cm³/mol. The number of hydrogen-bond donors (Lipinski definition) is 0. The SMILES string of the molecule is COC(=O)COc1cccc(CCc2cc(-c3ccccc3)ccc2-c2ccccc2)c1. The van der Waals surface area contributed by atoms with Crippen molar-refractivity contribution in [2.45, 2.75) is 12.8 Å². The van der Waals surface area contributed by atoms with Crippen LogP contribution in [0.25, 0.3) is 22.3 Å². The van der Waals surface area contributed by atoms with Gasteiger partial charge in [-0.05, 0) is 58.4 Å². The largest absolute Gasteiger partial charge is 0.482 e. The minimum Gasteiger partial charge on any atom is -0.482 e. The molecule has 0 atom stereocenters. The van der Waals surface area contributed by atoms with E-state index in [1.54, 1.807) is 0 Å². The van der Waals surface area contributed by atoms with E-state index in [1.165, 1.54) is 34.9 Å². The van der Waals surface area contributed by atoms with E-state index in [4.69, 9.17) is 4.74 Å². The summed E-state index contributed by atoms with van der Waals surface area (Å²) >= 11 is 0. The molecule has 0 saturated carbocycles. The first-order valence-corrected chi connectivity index (χ1v) is 10.8. The van der Waals surface area contributed by atoms with Crippen molar-refractivity contribution in [2.24, 2.45) is 0 Å². The highest BCUT2D eigenvalue weighted by molar-refractivity contribution is 5.74.